The number of hydrogen-bond donors (Lipinski definition) is 0. The smallest absolute Gasteiger partial charge is 0.297 e. The second-order valence-corrected chi connectivity index (χ2v) is 6.85. The molecule has 2 aromatic carbocycles. The highest BCUT2D eigenvalue weighted by molar-refractivity contribution is 7.86. The van der Waals surface area contributed by atoms with Gasteiger partial charge >= 0.3 is 0 Å². The normalized spacial score (nSPS) is 11.0. The third kappa shape index (κ3) is 4.67. The highest BCUT2D eigenvalue weighted by atomic mass is 35.5. The van der Waals surface area contributed by atoms with E-state index in [1.54, 1.807) is 30.3 Å². The molecule has 0 aliphatic rings. The highest BCUT2D eigenvalue weighted by Gasteiger charge is 2.20. The van der Waals surface area contributed by atoms with Crippen molar-refractivity contribution in [2.45, 2.75) is 4.90 Å². The van der Waals surface area contributed by atoms with Crippen molar-refractivity contribution in [3.05, 3.63) is 72.3 Å². The number of halogens is 1. The first kappa shape index (κ1) is 18.2. The van der Waals surface area contributed by atoms with E-state index in [4.69, 9.17) is 15.8 Å². The van der Waals surface area contributed by atoms with Gasteiger partial charge in [-0.1, -0.05) is 35.9 Å². The van der Waals surface area contributed by atoms with Crippen LogP contribution in [0.3, 0.4) is 0 Å². The average Bonchev–Trinajstić information content (AvgIpc) is 2.59. The third-order valence-corrected chi connectivity index (χ3v) is 4.65. The fraction of sp³-hybridized carbons (Fsp3) is 0.118. The van der Waals surface area contributed by atoms with Gasteiger partial charge < -0.3 is 4.90 Å². The van der Waals surface area contributed by atoms with Gasteiger partial charge in [-0.3, -0.25) is 8.98 Å². The molecule has 0 saturated heterocycles. The number of para-hydroxylation sites is 1. The van der Waals surface area contributed by atoms with Crippen LogP contribution in [0.1, 0.15) is 0 Å². The molecular weight excluding hydrogens is 350 g/mol. The quantitative estimate of drug-likeness (QED) is 0.558. The van der Waals surface area contributed by atoms with E-state index < -0.39 is 22.6 Å². The Morgan fingerprint density at radius 1 is 1.12 bits per heavy atom. The Morgan fingerprint density at radius 2 is 1.75 bits per heavy atom. The molecule has 2 rings (SSSR count). The van der Waals surface area contributed by atoms with Crippen LogP contribution in [0.15, 0.2) is 72.1 Å². The summed E-state index contributed by atoms with van der Waals surface area (Å²) in [7, 11) is -4.03. The molecule has 0 N–H and O–H groups in total. The van der Waals surface area contributed by atoms with Gasteiger partial charge in [-0.25, -0.2) is 0 Å². The van der Waals surface area contributed by atoms with Crippen molar-refractivity contribution in [1.82, 2.24) is 0 Å². The van der Waals surface area contributed by atoms with Gasteiger partial charge in [0.25, 0.3) is 16.0 Å². The van der Waals surface area contributed by atoms with Crippen molar-refractivity contribution in [3.63, 3.8) is 0 Å². The van der Waals surface area contributed by atoms with Gasteiger partial charge in [0, 0.05) is 17.3 Å². The fourth-order valence-electron chi connectivity index (χ4n) is 1.96. The predicted molar refractivity (Wildman–Crippen MR) is 93.6 cm³/mol. The summed E-state index contributed by atoms with van der Waals surface area (Å²) in [4.78, 5) is 13.7. The van der Waals surface area contributed by atoms with E-state index >= 15 is 0 Å². The molecule has 0 spiro atoms. The molecule has 5 nitrogen and oxygen atoms in total. The lowest BCUT2D eigenvalue weighted by molar-refractivity contribution is -0.120. The van der Waals surface area contributed by atoms with Crippen LogP contribution in [-0.4, -0.2) is 27.5 Å². The average molecular weight is 366 g/mol. The van der Waals surface area contributed by atoms with Crippen molar-refractivity contribution in [3.8, 4) is 0 Å². The maximum atomic E-state index is 12.3. The lowest BCUT2D eigenvalue weighted by Crippen LogP contribution is -2.34. The van der Waals surface area contributed by atoms with E-state index in [1.807, 2.05) is 6.07 Å². The second kappa shape index (κ2) is 8.10. The Bertz CT molecular complexity index is 804. The molecule has 0 saturated carbocycles. The molecule has 0 bridgehead atoms. The van der Waals surface area contributed by atoms with Gasteiger partial charge in [-0.2, -0.15) is 8.42 Å². The van der Waals surface area contributed by atoms with Crippen LogP contribution in [0.25, 0.3) is 0 Å². The molecule has 0 aliphatic carbocycles. The van der Waals surface area contributed by atoms with Crippen LogP contribution in [0.4, 0.5) is 5.69 Å². The summed E-state index contributed by atoms with van der Waals surface area (Å²) >= 11 is 5.73. The summed E-state index contributed by atoms with van der Waals surface area (Å²) in [5, 5.41) is 0.409. The Hall–Kier alpha value is -2.15. The fourth-order valence-corrected chi connectivity index (χ4v) is 2.95. The van der Waals surface area contributed by atoms with Crippen molar-refractivity contribution < 1.29 is 17.4 Å². The zero-order valence-electron chi connectivity index (χ0n) is 12.8. The minimum absolute atomic E-state index is 0.0605. The molecule has 24 heavy (non-hydrogen) atoms. The monoisotopic (exact) mass is 365 g/mol. The molecule has 0 fully saturated rings. The molecular formula is C17H16ClNO4S. The van der Waals surface area contributed by atoms with Crippen LogP contribution in [0.2, 0.25) is 5.02 Å². The first-order valence-electron chi connectivity index (χ1n) is 7.05. The summed E-state index contributed by atoms with van der Waals surface area (Å²) in [6.45, 7) is 3.25. The Labute approximate surface area is 146 Å². The Balaban J connectivity index is 2.10. The predicted octanol–water partition coefficient (Wildman–Crippen LogP) is 3.26. The van der Waals surface area contributed by atoms with Gasteiger partial charge in [0.05, 0.1) is 4.90 Å². The number of rotatable bonds is 7. The molecule has 0 aliphatic heterocycles. The molecule has 0 radical (unpaired) electrons. The topological polar surface area (TPSA) is 63.7 Å². The molecule has 0 aromatic heterocycles. The number of hydrogen-bond acceptors (Lipinski definition) is 4. The van der Waals surface area contributed by atoms with E-state index in [-0.39, 0.29) is 11.4 Å². The van der Waals surface area contributed by atoms with Crippen LogP contribution in [0.5, 0.6) is 0 Å². The van der Waals surface area contributed by atoms with Gasteiger partial charge in [-0.05, 0) is 36.4 Å². The van der Waals surface area contributed by atoms with Crippen molar-refractivity contribution in [2.75, 3.05) is 18.1 Å². The van der Waals surface area contributed by atoms with E-state index in [9.17, 15) is 13.2 Å². The lowest BCUT2D eigenvalue weighted by atomic mass is 10.3. The zero-order chi connectivity index (χ0) is 17.6. The molecule has 0 atom stereocenters. The summed E-state index contributed by atoms with van der Waals surface area (Å²) < 4.78 is 29.1. The molecule has 0 heterocycles. The van der Waals surface area contributed by atoms with E-state index in [0.29, 0.717) is 10.7 Å². The number of nitrogens with zero attached hydrogens (tertiary/aromatic N) is 1. The Kier molecular flexibility index (Phi) is 6.14. The lowest BCUT2D eigenvalue weighted by Gasteiger charge is -2.21. The highest BCUT2D eigenvalue weighted by Crippen LogP contribution is 2.17. The number of anilines is 1. The standard InChI is InChI=1S/C17H16ClNO4S/c1-2-12-19(15-6-4-3-5-7-15)17(20)13-23-24(21,22)16-10-8-14(18)9-11-16/h2-11H,1,12-13H2. The minimum atomic E-state index is -4.03. The summed E-state index contributed by atoms with van der Waals surface area (Å²) in [5.74, 6) is -0.487. The van der Waals surface area contributed by atoms with Crippen molar-refractivity contribution >= 4 is 33.3 Å². The summed E-state index contributed by atoms with van der Waals surface area (Å²) in [6.07, 6.45) is 1.55. The first-order valence-corrected chi connectivity index (χ1v) is 8.84. The molecule has 7 heteroatoms. The van der Waals surface area contributed by atoms with Crippen molar-refractivity contribution in [1.29, 1.82) is 0 Å². The SMILES string of the molecule is C=CCN(C(=O)COS(=O)(=O)c1ccc(Cl)cc1)c1ccccc1. The number of carbonyl (C=O) groups excluding carboxylic acids is 1. The van der Waals surface area contributed by atoms with Gasteiger partial charge in [0.15, 0.2) is 0 Å². The molecule has 0 unspecified atom stereocenters. The van der Waals surface area contributed by atoms with Crippen LogP contribution in [0, 0.1) is 0 Å². The van der Waals surface area contributed by atoms with Gasteiger partial charge in [0.2, 0.25) is 0 Å². The van der Waals surface area contributed by atoms with Crippen LogP contribution < -0.4 is 4.90 Å². The van der Waals surface area contributed by atoms with E-state index in [2.05, 4.69) is 6.58 Å². The Morgan fingerprint density at radius 3 is 2.33 bits per heavy atom. The largest absolute Gasteiger partial charge is 0.307 e. The van der Waals surface area contributed by atoms with E-state index in [0.717, 1.165) is 0 Å². The van der Waals surface area contributed by atoms with Gasteiger partial charge in [-0.15, -0.1) is 6.58 Å². The maximum absolute atomic E-state index is 12.3. The van der Waals surface area contributed by atoms with Crippen LogP contribution >= 0.6 is 11.6 Å². The number of benzene rings is 2. The third-order valence-electron chi connectivity index (χ3n) is 3.12. The number of carbonyl (C=O) groups is 1. The molecule has 2 aromatic rings. The first-order chi connectivity index (χ1) is 11.4. The molecule has 1 amide bonds. The second-order valence-electron chi connectivity index (χ2n) is 4.80. The summed E-state index contributed by atoms with van der Waals surface area (Å²) in [6, 6.07) is 14.4. The summed E-state index contributed by atoms with van der Waals surface area (Å²) in [5.41, 5.74) is 0.634. The van der Waals surface area contributed by atoms with E-state index in [1.165, 1.54) is 29.2 Å². The van der Waals surface area contributed by atoms with Crippen molar-refractivity contribution in [2.24, 2.45) is 0 Å². The van der Waals surface area contributed by atoms with Crippen LogP contribution in [-0.2, 0) is 19.1 Å². The maximum Gasteiger partial charge on any atom is 0.297 e. The zero-order valence-corrected chi connectivity index (χ0v) is 14.3. The molecule has 126 valence electrons. The van der Waals surface area contributed by atoms with Gasteiger partial charge in [0.1, 0.15) is 6.61 Å². The minimum Gasteiger partial charge on any atom is -0.307 e. The number of amides is 1.